The van der Waals surface area contributed by atoms with Gasteiger partial charge in [-0.25, -0.2) is 13.4 Å². The van der Waals surface area contributed by atoms with Crippen molar-refractivity contribution in [1.82, 2.24) is 24.1 Å². The highest BCUT2D eigenvalue weighted by atomic mass is 32.2. The van der Waals surface area contributed by atoms with Crippen LogP contribution in [0, 0.1) is 6.92 Å². The van der Waals surface area contributed by atoms with Gasteiger partial charge in [-0.1, -0.05) is 0 Å². The number of imidazole rings is 1. The predicted octanol–water partition coefficient (Wildman–Crippen LogP) is 1.49. The van der Waals surface area contributed by atoms with E-state index in [4.69, 9.17) is 4.74 Å². The highest BCUT2D eigenvalue weighted by Crippen LogP contribution is 2.25. The van der Waals surface area contributed by atoms with Crippen LogP contribution >= 0.6 is 0 Å². The van der Waals surface area contributed by atoms with Crippen LogP contribution in [0.4, 0.5) is 5.82 Å². The lowest BCUT2D eigenvalue weighted by Crippen LogP contribution is -2.49. The van der Waals surface area contributed by atoms with E-state index in [1.807, 2.05) is 24.0 Å². The van der Waals surface area contributed by atoms with E-state index in [1.54, 1.807) is 48.6 Å². The second-order valence-electron chi connectivity index (χ2n) is 6.74. The molecule has 9 nitrogen and oxygen atoms in total. The highest BCUT2D eigenvalue weighted by molar-refractivity contribution is 7.89. The molecule has 4 rings (SSSR count). The Balaban J connectivity index is 1.44. The third kappa shape index (κ3) is 3.81. The van der Waals surface area contributed by atoms with Crippen molar-refractivity contribution in [3.63, 3.8) is 0 Å². The number of piperazine rings is 1. The van der Waals surface area contributed by atoms with Gasteiger partial charge >= 0.3 is 0 Å². The zero-order valence-corrected chi connectivity index (χ0v) is 17.1. The van der Waals surface area contributed by atoms with E-state index in [0.717, 1.165) is 11.4 Å². The molecule has 0 spiro atoms. The molecule has 0 atom stereocenters. The summed E-state index contributed by atoms with van der Waals surface area (Å²) in [4.78, 5) is 6.32. The first kappa shape index (κ1) is 19.3. The van der Waals surface area contributed by atoms with Crippen molar-refractivity contribution < 1.29 is 13.2 Å². The minimum Gasteiger partial charge on any atom is -0.496 e. The molecule has 1 aromatic carbocycles. The maximum atomic E-state index is 13.0. The van der Waals surface area contributed by atoms with Gasteiger partial charge in [-0.2, -0.15) is 4.31 Å². The summed E-state index contributed by atoms with van der Waals surface area (Å²) in [5, 5.41) is 8.51. The molecule has 29 heavy (non-hydrogen) atoms. The maximum absolute atomic E-state index is 13.0. The Bertz CT molecular complexity index is 1080. The second kappa shape index (κ2) is 7.80. The molecule has 3 aromatic rings. The summed E-state index contributed by atoms with van der Waals surface area (Å²) in [5.41, 5.74) is 0.792. The van der Waals surface area contributed by atoms with Crippen molar-refractivity contribution in [3.8, 4) is 11.6 Å². The smallest absolute Gasteiger partial charge is 0.243 e. The zero-order valence-electron chi connectivity index (χ0n) is 16.3. The second-order valence-corrected chi connectivity index (χ2v) is 8.68. The average molecular weight is 414 g/mol. The van der Waals surface area contributed by atoms with E-state index in [2.05, 4.69) is 15.2 Å². The molecule has 0 saturated carbocycles. The van der Waals surface area contributed by atoms with E-state index in [0.29, 0.717) is 37.7 Å². The van der Waals surface area contributed by atoms with E-state index in [-0.39, 0.29) is 4.90 Å². The Morgan fingerprint density at radius 1 is 1.00 bits per heavy atom. The fourth-order valence-corrected chi connectivity index (χ4v) is 4.85. The van der Waals surface area contributed by atoms with E-state index in [1.165, 1.54) is 4.31 Å². The quantitative estimate of drug-likeness (QED) is 0.624. The van der Waals surface area contributed by atoms with Crippen LogP contribution in [-0.2, 0) is 10.0 Å². The molecule has 0 amide bonds. The van der Waals surface area contributed by atoms with Gasteiger partial charge in [0.05, 0.1) is 12.0 Å². The molecule has 10 heteroatoms. The topological polar surface area (TPSA) is 93.5 Å². The van der Waals surface area contributed by atoms with Gasteiger partial charge in [0.1, 0.15) is 12.1 Å². The number of methoxy groups -OCH3 is 1. The molecular formula is C19H22N6O3S. The predicted molar refractivity (Wildman–Crippen MR) is 108 cm³/mol. The van der Waals surface area contributed by atoms with Gasteiger partial charge < -0.3 is 9.64 Å². The van der Waals surface area contributed by atoms with Crippen LogP contribution in [0.2, 0.25) is 0 Å². The fourth-order valence-electron chi connectivity index (χ4n) is 3.34. The van der Waals surface area contributed by atoms with Crippen LogP contribution in [-0.4, -0.2) is 65.8 Å². The van der Waals surface area contributed by atoms with Gasteiger partial charge in [-0.15, -0.1) is 10.2 Å². The summed E-state index contributed by atoms with van der Waals surface area (Å²) in [5.74, 6) is 2.08. The number of ether oxygens (including phenoxy) is 1. The molecule has 2 aromatic heterocycles. The summed E-state index contributed by atoms with van der Waals surface area (Å²) >= 11 is 0. The van der Waals surface area contributed by atoms with Gasteiger partial charge in [-0.3, -0.25) is 4.57 Å². The molecule has 0 bridgehead atoms. The molecule has 3 heterocycles. The van der Waals surface area contributed by atoms with Gasteiger partial charge in [0.15, 0.2) is 11.6 Å². The number of sulfonamides is 1. The Morgan fingerprint density at radius 3 is 2.31 bits per heavy atom. The number of rotatable bonds is 5. The summed E-state index contributed by atoms with van der Waals surface area (Å²) in [7, 11) is -1.98. The third-order valence-corrected chi connectivity index (χ3v) is 6.87. The van der Waals surface area contributed by atoms with Crippen molar-refractivity contribution in [2.45, 2.75) is 11.8 Å². The van der Waals surface area contributed by atoms with Crippen molar-refractivity contribution in [2.24, 2.45) is 0 Å². The van der Waals surface area contributed by atoms with Crippen LogP contribution in [0.3, 0.4) is 0 Å². The Labute approximate surface area is 169 Å². The summed E-state index contributed by atoms with van der Waals surface area (Å²) in [6, 6.07) is 8.69. The first-order chi connectivity index (χ1) is 14.0. The molecule has 0 unspecified atom stereocenters. The fraction of sp³-hybridized carbons (Fsp3) is 0.316. The molecule has 1 aliphatic rings. The molecular weight excluding hydrogens is 392 g/mol. The van der Waals surface area contributed by atoms with Crippen LogP contribution < -0.4 is 9.64 Å². The number of nitrogens with zero attached hydrogens (tertiary/aromatic N) is 6. The summed E-state index contributed by atoms with van der Waals surface area (Å²) < 4.78 is 34.5. The van der Waals surface area contributed by atoms with Crippen molar-refractivity contribution in [3.05, 3.63) is 54.6 Å². The van der Waals surface area contributed by atoms with Crippen LogP contribution in [0.5, 0.6) is 5.75 Å². The number of hydrogen-bond donors (Lipinski definition) is 0. The lowest BCUT2D eigenvalue weighted by molar-refractivity contribution is 0.383. The standard InChI is InChI=1S/C19H22N6O3S/c1-15-13-16(3-4-17(15)28-2)29(26,27)25-11-9-23(10-12-25)18-5-6-19(22-21-18)24-8-7-20-14-24/h3-8,13-14H,9-12H2,1-2H3. The SMILES string of the molecule is COc1ccc(S(=O)(=O)N2CCN(c3ccc(-n4ccnc4)nn3)CC2)cc1C. The van der Waals surface area contributed by atoms with Crippen molar-refractivity contribution in [2.75, 3.05) is 38.2 Å². The van der Waals surface area contributed by atoms with Gasteiger partial charge in [0.25, 0.3) is 0 Å². The Kier molecular flexibility index (Phi) is 5.20. The molecule has 152 valence electrons. The van der Waals surface area contributed by atoms with Gasteiger partial charge in [0, 0.05) is 38.6 Å². The van der Waals surface area contributed by atoms with Crippen molar-refractivity contribution in [1.29, 1.82) is 0 Å². The first-order valence-electron chi connectivity index (χ1n) is 9.21. The van der Waals surface area contributed by atoms with E-state index < -0.39 is 10.0 Å². The number of aryl methyl sites for hydroxylation is 1. The Hall–Kier alpha value is -2.98. The number of hydrogen-bond acceptors (Lipinski definition) is 7. The molecule has 1 fully saturated rings. The van der Waals surface area contributed by atoms with Gasteiger partial charge in [0.2, 0.25) is 10.0 Å². The normalized spacial score (nSPS) is 15.4. The average Bonchev–Trinajstić information content (AvgIpc) is 3.29. The highest BCUT2D eigenvalue weighted by Gasteiger charge is 2.29. The summed E-state index contributed by atoms with van der Waals surface area (Å²) in [6.07, 6.45) is 5.14. The minimum absolute atomic E-state index is 0.286. The maximum Gasteiger partial charge on any atom is 0.243 e. The zero-order chi connectivity index (χ0) is 20.4. The Morgan fingerprint density at radius 2 is 1.72 bits per heavy atom. The van der Waals surface area contributed by atoms with Crippen LogP contribution in [0.15, 0.2) is 53.9 Å². The molecule has 0 aliphatic carbocycles. The van der Waals surface area contributed by atoms with E-state index in [9.17, 15) is 8.42 Å². The van der Waals surface area contributed by atoms with Gasteiger partial charge in [-0.05, 0) is 42.8 Å². The lowest BCUT2D eigenvalue weighted by atomic mass is 10.2. The molecule has 0 radical (unpaired) electrons. The van der Waals surface area contributed by atoms with Crippen molar-refractivity contribution >= 4 is 15.8 Å². The number of benzene rings is 1. The molecule has 1 aliphatic heterocycles. The van der Waals surface area contributed by atoms with Crippen LogP contribution in [0.1, 0.15) is 5.56 Å². The van der Waals surface area contributed by atoms with Crippen LogP contribution in [0.25, 0.3) is 5.82 Å². The van der Waals surface area contributed by atoms with E-state index >= 15 is 0 Å². The third-order valence-electron chi connectivity index (χ3n) is 4.97. The lowest BCUT2D eigenvalue weighted by Gasteiger charge is -2.34. The molecule has 1 saturated heterocycles. The molecule has 0 N–H and O–H groups in total. The number of aromatic nitrogens is 4. The summed E-state index contributed by atoms with van der Waals surface area (Å²) in [6.45, 7) is 3.71. The minimum atomic E-state index is -3.55. The number of anilines is 1. The monoisotopic (exact) mass is 414 g/mol. The first-order valence-corrected chi connectivity index (χ1v) is 10.6. The largest absolute Gasteiger partial charge is 0.496 e.